The lowest BCUT2D eigenvalue weighted by molar-refractivity contribution is -0.132. The van der Waals surface area contributed by atoms with Gasteiger partial charge in [-0.2, -0.15) is 0 Å². The van der Waals surface area contributed by atoms with E-state index in [2.05, 4.69) is 5.32 Å². The third kappa shape index (κ3) is 3.41. The molecule has 0 spiro atoms. The Bertz CT molecular complexity index is 396. The van der Waals surface area contributed by atoms with Crippen LogP contribution in [0, 0.1) is 5.82 Å². The van der Waals surface area contributed by atoms with E-state index in [0.717, 1.165) is 18.7 Å². The summed E-state index contributed by atoms with van der Waals surface area (Å²) in [6.45, 7) is 1.71. The minimum atomic E-state index is -0.293. The molecule has 1 aromatic rings. The summed E-state index contributed by atoms with van der Waals surface area (Å²) in [5.41, 5.74) is 0.726. The van der Waals surface area contributed by atoms with Crippen LogP contribution in [0.3, 0.4) is 0 Å². The number of hydrogen-bond donors (Lipinski definition) is 1. The molecule has 0 unspecified atom stereocenters. The maximum absolute atomic E-state index is 12.9. The highest BCUT2D eigenvalue weighted by atomic mass is 35.5. The molecule has 3 nitrogen and oxygen atoms in total. The van der Waals surface area contributed by atoms with Crippen molar-refractivity contribution in [3.63, 3.8) is 0 Å². The van der Waals surface area contributed by atoms with Crippen LogP contribution < -0.4 is 5.32 Å². The number of halogens is 2. The van der Waals surface area contributed by atoms with Crippen LogP contribution >= 0.6 is 12.4 Å². The molecule has 1 heterocycles. The van der Waals surface area contributed by atoms with Gasteiger partial charge in [-0.3, -0.25) is 4.79 Å². The van der Waals surface area contributed by atoms with Crippen LogP contribution in [0.5, 0.6) is 0 Å². The lowest BCUT2D eigenvalue weighted by Crippen LogP contribution is -2.57. The van der Waals surface area contributed by atoms with Crippen molar-refractivity contribution in [2.24, 2.45) is 0 Å². The summed E-state index contributed by atoms with van der Waals surface area (Å²) in [7, 11) is 1.80. The van der Waals surface area contributed by atoms with Gasteiger partial charge in [0.25, 0.3) is 0 Å². The minimum Gasteiger partial charge on any atom is -0.340 e. The van der Waals surface area contributed by atoms with Crippen LogP contribution in [0.15, 0.2) is 24.3 Å². The van der Waals surface area contributed by atoms with Crippen LogP contribution in [0.25, 0.3) is 0 Å². The fraction of sp³-hybridized carbons (Fsp3) is 0.417. The van der Waals surface area contributed by atoms with Crippen molar-refractivity contribution in [2.75, 3.05) is 20.1 Å². The van der Waals surface area contributed by atoms with Crippen molar-refractivity contribution in [2.45, 2.75) is 12.5 Å². The first-order chi connectivity index (χ1) is 7.66. The van der Waals surface area contributed by atoms with Crippen molar-refractivity contribution in [1.29, 1.82) is 0 Å². The number of nitrogens with zero attached hydrogens (tertiary/aromatic N) is 1. The molecule has 1 fully saturated rings. The van der Waals surface area contributed by atoms with E-state index in [0.29, 0.717) is 6.04 Å². The number of likely N-dealkylation sites (N-methyl/N-ethyl adjacent to an activating group) is 1. The molecule has 0 aromatic heterocycles. The molecule has 0 aliphatic carbocycles. The molecule has 1 aromatic carbocycles. The Balaban J connectivity index is 0.00000144. The summed E-state index contributed by atoms with van der Waals surface area (Å²) in [5, 5.41) is 3.12. The molecule has 1 aliphatic heterocycles. The fourth-order valence-electron chi connectivity index (χ4n) is 1.70. The maximum Gasteiger partial charge on any atom is 0.227 e. The Labute approximate surface area is 106 Å². The summed E-state index contributed by atoms with van der Waals surface area (Å²) < 4.78 is 12.9. The van der Waals surface area contributed by atoms with Crippen LogP contribution in [0.4, 0.5) is 4.39 Å². The molecule has 0 saturated carbocycles. The van der Waals surface area contributed by atoms with Crippen LogP contribution in [-0.4, -0.2) is 37.0 Å². The van der Waals surface area contributed by atoms with E-state index in [-0.39, 0.29) is 30.6 Å². The molecule has 0 bridgehead atoms. The Morgan fingerprint density at radius 3 is 2.76 bits per heavy atom. The van der Waals surface area contributed by atoms with E-state index in [1.54, 1.807) is 24.1 Å². The highest BCUT2D eigenvalue weighted by Gasteiger charge is 2.24. The van der Waals surface area contributed by atoms with Gasteiger partial charge < -0.3 is 10.2 Å². The zero-order valence-corrected chi connectivity index (χ0v) is 10.5. The highest BCUT2D eigenvalue weighted by Crippen LogP contribution is 2.08. The Hall–Kier alpha value is -1.13. The van der Waals surface area contributed by atoms with Gasteiger partial charge in [-0.05, 0) is 17.7 Å². The smallest absolute Gasteiger partial charge is 0.227 e. The molecule has 5 heteroatoms. The Morgan fingerprint density at radius 1 is 1.53 bits per heavy atom. The molecular formula is C12H16ClFN2O. The molecule has 94 valence electrons. The van der Waals surface area contributed by atoms with Crippen molar-refractivity contribution in [3.8, 4) is 0 Å². The molecule has 0 radical (unpaired) electrons. The number of benzene rings is 1. The van der Waals surface area contributed by atoms with Gasteiger partial charge in [0.15, 0.2) is 0 Å². The van der Waals surface area contributed by atoms with Gasteiger partial charge in [-0.25, -0.2) is 4.39 Å². The first kappa shape index (κ1) is 13.9. The molecule has 1 aliphatic rings. The van der Waals surface area contributed by atoms with Gasteiger partial charge in [0.2, 0.25) is 5.91 Å². The van der Waals surface area contributed by atoms with Crippen molar-refractivity contribution in [3.05, 3.63) is 35.6 Å². The number of carbonyl (C=O) groups excluding carboxylic acids is 1. The first-order valence-corrected chi connectivity index (χ1v) is 5.37. The van der Waals surface area contributed by atoms with E-state index in [1.807, 2.05) is 0 Å². The molecule has 17 heavy (non-hydrogen) atoms. The highest BCUT2D eigenvalue weighted by molar-refractivity contribution is 5.85. The normalized spacial score (nSPS) is 14.7. The van der Waals surface area contributed by atoms with Crippen LogP contribution in [0.1, 0.15) is 5.56 Å². The zero-order valence-electron chi connectivity index (χ0n) is 9.65. The first-order valence-electron chi connectivity index (χ1n) is 5.37. The fourth-order valence-corrected chi connectivity index (χ4v) is 1.70. The number of nitrogens with one attached hydrogen (secondary N) is 1. The van der Waals surface area contributed by atoms with Crippen LogP contribution in [0.2, 0.25) is 0 Å². The topological polar surface area (TPSA) is 32.3 Å². The van der Waals surface area contributed by atoms with E-state index < -0.39 is 0 Å². The van der Waals surface area contributed by atoms with E-state index in [1.165, 1.54) is 12.1 Å². The van der Waals surface area contributed by atoms with Crippen molar-refractivity contribution >= 4 is 18.3 Å². The van der Waals surface area contributed by atoms with Crippen molar-refractivity contribution < 1.29 is 9.18 Å². The van der Waals surface area contributed by atoms with Gasteiger partial charge in [0.05, 0.1) is 12.5 Å². The lowest BCUT2D eigenvalue weighted by atomic mass is 10.1. The Kier molecular flexibility index (Phi) is 4.90. The number of hydrogen-bond acceptors (Lipinski definition) is 2. The van der Waals surface area contributed by atoms with Gasteiger partial charge >= 0.3 is 0 Å². The second-order valence-electron chi connectivity index (χ2n) is 4.12. The standard InChI is InChI=1S/C12H15FN2O.ClH/c1-15(11-7-14-8-11)12(16)6-9-3-2-4-10(13)5-9;/h2-5,11,14H,6-8H2,1H3;1H. The van der Waals surface area contributed by atoms with Crippen LogP contribution in [-0.2, 0) is 11.2 Å². The molecule has 2 rings (SSSR count). The summed E-state index contributed by atoms with van der Waals surface area (Å²) in [4.78, 5) is 13.6. The van der Waals surface area contributed by atoms with Gasteiger partial charge in [-0.1, -0.05) is 12.1 Å². The largest absolute Gasteiger partial charge is 0.340 e. The second kappa shape index (κ2) is 5.98. The number of rotatable bonds is 3. The third-order valence-corrected chi connectivity index (χ3v) is 2.95. The predicted octanol–water partition coefficient (Wildman–Crippen LogP) is 1.22. The predicted molar refractivity (Wildman–Crippen MR) is 66.8 cm³/mol. The monoisotopic (exact) mass is 258 g/mol. The summed E-state index contributed by atoms with van der Waals surface area (Å²) in [6.07, 6.45) is 0.269. The van der Waals surface area contributed by atoms with Gasteiger partial charge in [0.1, 0.15) is 5.82 Å². The van der Waals surface area contributed by atoms with E-state index in [4.69, 9.17) is 0 Å². The SMILES string of the molecule is CN(C(=O)Cc1cccc(F)c1)C1CNC1.Cl. The van der Waals surface area contributed by atoms with Crippen molar-refractivity contribution in [1.82, 2.24) is 10.2 Å². The average molecular weight is 259 g/mol. The Morgan fingerprint density at radius 2 is 2.24 bits per heavy atom. The molecule has 0 atom stereocenters. The van der Waals surface area contributed by atoms with Gasteiger partial charge in [-0.15, -0.1) is 12.4 Å². The third-order valence-electron chi connectivity index (χ3n) is 2.95. The summed E-state index contributed by atoms with van der Waals surface area (Å²) in [6, 6.07) is 6.48. The average Bonchev–Trinajstić information content (AvgIpc) is 2.14. The number of amides is 1. The van der Waals surface area contributed by atoms with E-state index in [9.17, 15) is 9.18 Å². The van der Waals surface area contributed by atoms with E-state index >= 15 is 0 Å². The lowest BCUT2D eigenvalue weighted by Gasteiger charge is -2.35. The molecule has 1 amide bonds. The zero-order chi connectivity index (χ0) is 11.5. The molecule has 1 saturated heterocycles. The second-order valence-corrected chi connectivity index (χ2v) is 4.12. The molecular weight excluding hydrogens is 243 g/mol. The van der Waals surface area contributed by atoms with Gasteiger partial charge in [0, 0.05) is 20.1 Å². The maximum atomic E-state index is 12.9. The quantitative estimate of drug-likeness (QED) is 0.884. The molecule has 1 N–H and O–H groups in total. The summed E-state index contributed by atoms with van der Waals surface area (Å²) >= 11 is 0. The minimum absolute atomic E-state index is 0. The number of carbonyl (C=O) groups is 1. The summed E-state index contributed by atoms with van der Waals surface area (Å²) in [5.74, 6) is -0.254.